The Kier molecular flexibility index (Phi) is 5.20. The summed E-state index contributed by atoms with van der Waals surface area (Å²) in [5.74, 6) is -0.363. The molecule has 1 aromatic carbocycles. The summed E-state index contributed by atoms with van der Waals surface area (Å²) in [6.45, 7) is 1.32. The SMILES string of the molecule is CN(CCc1ccccn1)C1CCCN(c2ccccc2F)C1=O. The van der Waals surface area contributed by atoms with Gasteiger partial charge in [-0.1, -0.05) is 18.2 Å². The zero-order valence-electron chi connectivity index (χ0n) is 13.9. The van der Waals surface area contributed by atoms with Gasteiger partial charge in [-0.25, -0.2) is 4.39 Å². The zero-order chi connectivity index (χ0) is 16.9. The predicted octanol–water partition coefficient (Wildman–Crippen LogP) is 2.89. The molecule has 1 aromatic heterocycles. The number of nitrogens with zero attached hydrogens (tertiary/aromatic N) is 3. The number of hydrogen-bond donors (Lipinski definition) is 0. The lowest BCUT2D eigenvalue weighted by Crippen LogP contribution is -2.52. The third kappa shape index (κ3) is 3.62. The number of pyridine rings is 1. The van der Waals surface area contributed by atoms with Crippen molar-refractivity contribution in [1.82, 2.24) is 9.88 Å². The van der Waals surface area contributed by atoms with Gasteiger partial charge in [-0.3, -0.25) is 14.7 Å². The molecule has 1 aliphatic rings. The molecule has 1 amide bonds. The van der Waals surface area contributed by atoms with Crippen molar-refractivity contribution in [1.29, 1.82) is 0 Å². The quantitative estimate of drug-likeness (QED) is 0.847. The van der Waals surface area contributed by atoms with Crippen molar-refractivity contribution >= 4 is 11.6 Å². The molecule has 4 nitrogen and oxygen atoms in total. The number of rotatable bonds is 5. The maximum absolute atomic E-state index is 14.0. The number of anilines is 1. The number of likely N-dealkylation sites (N-methyl/N-ethyl adjacent to an activating group) is 1. The highest BCUT2D eigenvalue weighted by molar-refractivity contribution is 5.98. The molecule has 3 rings (SSSR count). The van der Waals surface area contributed by atoms with E-state index in [1.54, 1.807) is 29.3 Å². The molecule has 126 valence electrons. The normalized spacial score (nSPS) is 18.2. The summed E-state index contributed by atoms with van der Waals surface area (Å²) in [5.41, 5.74) is 1.39. The summed E-state index contributed by atoms with van der Waals surface area (Å²) in [4.78, 5) is 20.8. The lowest BCUT2D eigenvalue weighted by atomic mass is 10.0. The molecule has 1 unspecified atom stereocenters. The van der Waals surface area contributed by atoms with E-state index in [-0.39, 0.29) is 17.8 Å². The van der Waals surface area contributed by atoms with Gasteiger partial charge in [-0.05, 0) is 44.2 Å². The third-order valence-electron chi connectivity index (χ3n) is 4.53. The summed E-state index contributed by atoms with van der Waals surface area (Å²) in [7, 11) is 1.95. The second-order valence-electron chi connectivity index (χ2n) is 6.15. The molecule has 24 heavy (non-hydrogen) atoms. The number of halogens is 1. The molecular formula is C19H22FN3O. The highest BCUT2D eigenvalue weighted by atomic mass is 19.1. The van der Waals surface area contributed by atoms with Crippen LogP contribution in [0.1, 0.15) is 18.5 Å². The van der Waals surface area contributed by atoms with Crippen LogP contribution in [0, 0.1) is 5.82 Å². The first-order chi connectivity index (χ1) is 11.7. The van der Waals surface area contributed by atoms with Gasteiger partial charge < -0.3 is 4.90 Å². The number of amides is 1. The average molecular weight is 327 g/mol. The van der Waals surface area contributed by atoms with Crippen molar-refractivity contribution in [2.75, 3.05) is 25.0 Å². The van der Waals surface area contributed by atoms with Gasteiger partial charge in [0.25, 0.3) is 0 Å². The Morgan fingerprint density at radius 1 is 1.25 bits per heavy atom. The standard InChI is InChI=1S/C19H22FN3O/c1-22(14-11-15-7-4-5-12-21-15)18-10-6-13-23(19(18)24)17-9-3-2-8-16(17)20/h2-5,7-9,12,18H,6,10-11,13-14H2,1H3. The maximum atomic E-state index is 14.0. The summed E-state index contributed by atoms with van der Waals surface area (Å²) >= 11 is 0. The highest BCUT2D eigenvalue weighted by Crippen LogP contribution is 2.25. The van der Waals surface area contributed by atoms with E-state index in [1.807, 2.05) is 25.2 Å². The number of benzene rings is 1. The van der Waals surface area contributed by atoms with Crippen molar-refractivity contribution in [3.63, 3.8) is 0 Å². The van der Waals surface area contributed by atoms with Crippen LogP contribution < -0.4 is 4.90 Å². The van der Waals surface area contributed by atoms with E-state index in [1.165, 1.54) is 6.07 Å². The molecule has 0 N–H and O–H groups in total. The minimum Gasteiger partial charge on any atom is -0.308 e. The van der Waals surface area contributed by atoms with Crippen LogP contribution in [0.15, 0.2) is 48.7 Å². The van der Waals surface area contributed by atoms with Crippen LogP contribution in [0.25, 0.3) is 0 Å². The van der Waals surface area contributed by atoms with Crippen LogP contribution in [0.5, 0.6) is 0 Å². The van der Waals surface area contributed by atoms with Crippen molar-refractivity contribution < 1.29 is 9.18 Å². The molecule has 5 heteroatoms. The molecule has 0 bridgehead atoms. The van der Waals surface area contributed by atoms with E-state index in [9.17, 15) is 9.18 Å². The van der Waals surface area contributed by atoms with Crippen LogP contribution in [-0.2, 0) is 11.2 Å². The number of piperidine rings is 1. The average Bonchev–Trinajstić information content (AvgIpc) is 2.61. The van der Waals surface area contributed by atoms with Crippen molar-refractivity contribution in [2.24, 2.45) is 0 Å². The van der Waals surface area contributed by atoms with Gasteiger partial charge in [-0.2, -0.15) is 0 Å². The molecule has 1 fully saturated rings. The third-order valence-corrected chi connectivity index (χ3v) is 4.53. The van der Waals surface area contributed by atoms with Gasteiger partial charge in [0, 0.05) is 31.4 Å². The van der Waals surface area contributed by atoms with Gasteiger partial charge in [0.2, 0.25) is 5.91 Å². The van der Waals surface area contributed by atoms with Gasteiger partial charge in [0.05, 0.1) is 11.7 Å². The van der Waals surface area contributed by atoms with Crippen LogP contribution in [0.4, 0.5) is 10.1 Å². The topological polar surface area (TPSA) is 36.4 Å². The van der Waals surface area contributed by atoms with E-state index in [4.69, 9.17) is 0 Å². The molecule has 2 heterocycles. The van der Waals surface area contributed by atoms with E-state index in [2.05, 4.69) is 9.88 Å². The molecular weight excluding hydrogens is 305 g/mol. The molecule has 1 aliphatic heterocycles. The van der Waals surface area contributed by atoms with Crippen LogP contribution in [0.2, 0.25) is 0 Å². The molecule has 0 saturated carbocycles. The van der Waals surface area contributed by atoms with E-state index < -0.39 is 0 Å². The summed E-state index contributed by atoms with van der Waals surface area (Å²) in [6.07, 6.45) is 4.25. The fourth-order valence-corrected chi connectivity index (χ4v) is 3.17. The molecule has 0 radical (unpaired) electrons. The maximum Gasteiger partial charge on any atom is 0.244 e. The Morgan fingerprint density at radius 3 is 2.79 bits per heavy atom. The molecule has 2 aromatic rings. The summed E-state index contributed by atoms with van der Waals surface area (Å²) < 4.78 is 14.0. The minimum absolute atomic E-state index is 0.0186. The van der Waals surface area contributed by atoms with Crippen molar-refractivity contribution in [3.8, 4) is 0 Å². The van der Waals surface area contributed by atoms with E-state index in [0.717, 1.165) is 31.5 Å². The van der Waals surface area contributed by atoms with E-state index in [0.29, 0.717) is 12.2 Å². The minimum atomic E-state index is -0.345. The monoisotopic (exact) mass is 327 g/mol. The smallest absolute Gasteiger partial charge is 0.244 e. The first-order valence-electron chi connectivity index (χ1n) is 8.33. The summed E-state index contributed by atoms with van der Waals surface area (Å²) in [5, 5.41) is 0. The zero-order valence-corrected chi connectivity index (χ0v) is 13.9. The second-order valence-corrected chi connectivity index (χ2v) is 6.15. The Labute approximate surface area is 141 Å². The number of hydrogen-bond acceptors (Lipinski definition) is 3. The molecule has 0 aliphatic carbocycles. The van der Waals surface area contributed by atoms with E-state index >= 15 is 0 Å². The van der Waals surface area contributed by atoms with Crippen LogP contribution in [0.3, 0.4) is 0 Å². The summed E-state index contributed by atoms with van der Waals surface area (Å²) in [6, 6.07) is 12.1. The second kappa shape index (κ2) is 7.53. The lowest BCUT2D eigenvalue weighted by Gasteiger charge is -2.37. The Bertz CT molecular complexity index is 692. The highest BCUT2D eigenvalue weighted by Gasteiger charge is 2.33. The molecule has 1 saturated heterocycles. The van der Waals surface area contributed by atoms with Gasteiger partial charge >= 0.3 is 0 Å². The first-order valence-corrected chi connectivity index (χ1v) is 8.33. The van der Waals surface area contributed by atoms with Crippen LogP contribution in [-0.4, -0.2) is 42.0 Å². The largest absolute Gasteiger partial charge is 0.308 e. The predicted molar refractivity (Wildman–Crippen MR) is 92.3 cm³/mol. The number of carbonyl (C=O) groups excluding carboxylic acids is 1. The first kappa shape index (κ1) is 16.6. The molecule has 1 atom stereocenters. The number of aromatic nitrogens is 1. The lowest BCUT2D eigenvalue weighted by molar-refractivity contribution is -0.124. The van der Waals surface area contributed by atoms with Gasteiger partial charge in [0.15, 0.2) is 0 Å². The Hall–Kier alpha value is -2.27. The van der Waals surface area contributed by atoms with Gasteiger partial charge in [0.1, 0.15) is 5.82 Å². The number of carbonyl (C=O) groups is 1. The molecule has 0 spiro atoms. The fourth-order valence-electron chi connectivity index (χ4n) is 3.17. The van der Waals surface area contributed by atoms with Gasteiger partial charge in [-0.15, -0.1) is 0 Å². The fraction of sp³-hybridized carbons (Fsp3) is 0.368. The Balaban J connectivity index is 1.67. The number of para-hydroxylation sites is 1. The Morgan fingerprint density at radius 2 is 2.04 bits per heavy atom. The van der Waals surface area contributed by atoms with Crippen molar-refractivity contribution in [3.05, 3.63) is 60.2 Å². The van der Waals surface area contributed by atoms with Crippen LogP contribution >= 0.6 is 0 Å². The van der Waals surface area contributed by atoms with Crippen molar-refractivity contribution in [2.45, 2.75) is 25.3 Å².